The molecule has 0 aromatic heterocycles. The molecule has 41 heavy (non-hydrogen) atoms. The molecule has 0 bridgehead atoms. The Morgan fingerprint density at radius 2 is 1.32 bits per heavy atom. The zero-order valence-electron chi connectivity index (χ0n) is 23.3. The molecule has 0 aliphatic rings. The Morgan fingerprint density at radius 3 is 1.93 bits per heavy atom. The quantitative estimate of drug-likeness (QED) is 0.119. The van der Waals surface area contributed by atoms with Gasteiger partial charge in [-0.25, -0.2) is 14.0 Å². The van der Waals surface area contributed by atoms with Gasteiger partial charge in [-0.1, -0.05) is 49.6 Å². The van der Waals surface area contributed by atoms with E-state index >= 15 is 4.39 Å². The second-order valence-electron chi connectivity index (χ2n) is 9.30. The van der Waals surface area contributed by atoms with Gasteiger partial charge in [0.05, 0.1) is 13.2 Å². The molecule has 7 nitrogen and oxygen atoms in total. The fraction of sp³-hybridized carbons (Fsp3) is 0.273. The van der Waals surface area contributed by atoms with Crippen LogP contribution in [0.4, 0.5) is 4.39 Å². The van der Waals surface area contributed by atoms with Gasteiger partial charge in [0.15, 0.2) is 0 Å². The molecule has 3 aromatic carbocycles. The predicted molar refractivity (Wildman–Crippen MR) is 154 cm³/mol. The molecular weight excluding hydrogens is 527 g/mol. The average molecular weight is 563 g/mol. The third-order valence-electron chi connectivity index (χ3n) is 5.82. The number of hydrogen-bond acceptors (Lipinski definition) is 7. The average Bonchev–Trinajstić information content (AvgIpc) is 2.97. The van der Waals surface area contributed by atoms with Crippen LogP contribution in [0.15, 0.2) is 92.0 Å². The summed E-state index contributed by atoms with van der Waals surface area (Å²) in [6, 6.07) is 20.0. The zero-order chi connectivity index (χ0) is 29.6. The van der Waals surface area contributed by atoms with Crippen molar-refractivity contribution >= 4 is 11.9 Å². The molecule has 0 spiro atoms. The summed E-state index contributed by atoms with van der Waals surface area (Å²) in [6.45, 7) is 11.2. The monoisotopic (exact) mass is 562 g/mol. The summed E-state index contributed by atoms with van der Waals surface area (Å²) < 4.78 is 41.9. The predicted octanol–water partition coefficient (Wildman–Crippen LogP) is 6.09. The van der Waals surface area contributed by atoms with Crippen LogP contribution in [0.2, 0.25) is 0 Å². The highest BCUT2D eigenvalue weighted by atomic mass is 19.1. The lowest BCUT2D eigenvalue weighted by Crippen LogP contribution is -2.21. The highest BCUT2D eigenvalue weighted by Gasteiger charge is 2.10. The van der Waals surface area contributed by atoms with Crippen molar-refractivity contribution in [2.75, 3.05) is 26.4 Å². The maximum atomic E-state index is 15.0. The number of rotatable bonds is 16. The summed E-state index contributed by atoms with van der Waals surface area (Å²) in [6.07, 6.45) is 2.24. The van der Waals surface area contributed by atoms with Crippen LogP contribution in [0, 0.1) is 5.82 Å². The van der Waals surface area contributed by atoms with E-state index in [-0.39, 0.29) is 37.8 Å². The first-order chi connectivity index (χ1) is 19.8. The molecule has 8 heteroatoms. The lowest BCUT2D eigenvalue weighted by Gasteiger charge is -2.15. The smallest absolute Gasteiger partial charge is 0.330 e. The molecule has 2 atom stereocenters. The van der Waals surface area contributed by atoms with Crippen molar-refractivity contribution < 1.29 is 37.7 Å². The Bertz CT molecular complexity index is 1300. The Balaban J connectivity index is 1.49. The number of carbonyl (C=O) groups is 2. The van der Waals surface area contributed by atoms with Crippen molar-refractivity contribution in [3.8, 4) is 22.6 Å². The summed E-state index contributed by atoms with van der Waals surface area (Å²) in [5, 5.41) is 0. The van der Waals surface area contributed by atoms with Gasteiger partial charge in [-0.15, -0.1) is 0 Å². The second kappa shape index (κ2) is 16.0. The van der Waals surface area contributed by atoms with Crippen LogP contribution in [-0.4, -0.2) is 50.6 Å². The van der Waals surface area contributed by atoms with Crippen LogP contribution in [0.25, 0.3) is 11.1 Å². The molecule has 0 N–H and O–H groups in total. The van der Waals surface area contributed by atoms with E-state index < -0.39 is 11.9 Å². The number of esters is 2. The lowest BCUT2D eigenvalue weighted by atomic mass is 9.99. The van der Waals surface area contributed by atoms with E-state index in [4.69, 9.17) is 23.7 Å². The van der Waals surface area contributed by atoms with Gasteiger partial charge in [0.2, 0.25) is 0 Å². The number of halogens is 1. The van der Waals surface area contributed by atoms with Crippen molar-refractivity contribution in [1.82, 2.24) is 0 Å². The standard InChI is InChI=1S/C33H35FO7/c1-5-32(35)38-18-17-37-21-23(3)40-29-14-10-27(11-15-29)30-16-9-26(20-31(30)34)19-25-7-12-28(13-8-25)41-24(4)22-39-33(36)6-2/h5-16,20,23-24H,1-2,17-19,21-22H2,3-4H3/t23?,24-/m0/s1. The lowest BCUT2D eigenvalue weighted by molar-refractivity contribution is -0.140. The van der Waals surface area contributed by atoms with Gasteiger partial charge in [-0.2, -0.15) is 0 Å². The third-order valence-corrected chi connectivity index (χ3v) is 5.82. The minimum atomic E-state index is -0.490. The molecule has 216 valence electrons. The zero-order valence-corrected chi connectivity index (χ0v) is 23.3. The molecule has 0 fully saturated rings. The normalized spacial score (nSPS) is 12.1. The molecule has 0 amide bonds. The molecule has 0 aliphatic heterocycles. The molecule has 3 aromatic rings. The minimum Gasteiger partial charge on any atom is -0.488 e. The molecule has 1 unspecified atom stereocenters. The van der Waals surface area contributed by atoms with Gasteiger partial charge in [-0.3, -0.25) is 0 Å². The van der Waals surface area contributed by atoms with E-state index in [1.807, 2.05) is 56.3 Å². The number of benzene rings is 3. The van der Waals surface area contributed by atoms with Crippen LogP contribution in [-0.2, 0) is 30.2 Å². The van der Waals surface area contributed by atoms with Gasteiger partial charge in [0, 0.05) is 17.7 Å². The van der Waals surface area contributed by atoms with Crippen molar-refractivity contribution in [3.05, 3.63) is 109 Å². The van der Waals surface area contributed by atoms with Crippen molar-refractivity contribution in [2.24, 2.45) is 0 Å². The van der Waals surface area contributed by atoms with Gasteiger partial charge in [-0.05, 0) is 67.3 Å². The largest absolute Gasteiger partial charge is 0.488 e. The SMILES string of the molecule is C=CC(=O)OCCOCC(C)Oc1ccc(-c2ccc(Cc3ccc(O[C@@H](C)COC(=O)C=C)cc3)cc2F)cc1. The van der Waals surface area contributed by atoms with E-state index in [9.17, 15) is 9.59 Å². The van der Waals surface area contributed by atoms with Gasteiger partial charge in [0.25, 0.3) is 0 Å². The fourth-order valence-corrected chi connectivity index (χ4v) is 3.84. The summed E-state index contributed by atoms with van der Waals surface area (Å²) in [7, 11) is 0. The summed E-state index contributed by atoms with van der Waals surface area (Å²) in [5.41, 5.74) is 3.09. The first kappa shape index (κ1) is 31.1. The minimum absolute atomic E-state index is 0.125. The van der Waals surface area contributed by atoms with Crippen LogP contribution in [0.3, 0.4) is 0 Å². The van der Waals surface area contributed by atoms with Crippen molar-refractivity contribution in [2.45, 2.75) is 32.5 Å². The van der Waals surface area contributed by atoms with Crippen LogP contribution < -0.4 is 9.47 Å². The summed E-state index contributed by atoms with van der Waals surface area (Å²) in [5.74, 6) is 0.00497. The molecule has 0 heterocycles. The van der Waals surface area contributed by atoms with E-state index in [2.05, 4.69) is 13.2 Å². The number of ether oxygens (including phenoxy) is 5. The second-order valence-corrected chi connectivity index (χ2v) is 9.30. The molecule has 0 aliphatic carbocycles. The van der Waals surface area contributed by atoms with Crippen LogP contribution >= 0.6 is 0 Å². The van der Waals surface area contributed by atoms with Gasteiger partial charge in [0.1, 0.15) is 42.7 Å². The molecule has 0 saturated heterocycles. The van der Waals surface area contributed by atoms with E-state index in [1.54, 1.807) is 24.3 Å². The number of hydrogen-bond donors (Lipinski definition) is 0. The maximum absolute atomic E-state index is 15.0. The Hall–Kier alpha value is -4.43. The van der Waals surface area contributed by atoms with Crippen LogP contribution in [0.5, 0.6) is 11.5 Å². The molecule has 0 radical (unpaired) electrons. The van der Waals surface area contributed by atoms with E-state index in [0.29, 0.717) is 30.1 Å². The maximum Gasteiger partial charge on any atom is 0.330 e. The van der Waals surface area contributed by atoms with Gasteiger partial charge < -0.3 is 23.7 Å². The highest BCUT2D eigenvalue weighted by Crippen LogP contribution is 2.27. The molecular formula is C33H35FO7. The van der Waals surface area contributed by atoms with Crippen molar-refractivity contribution in [1.29, 1.82) is 0 Å². The third kappa shape index (κ3) is 10.6. The van der Waals surface area contributed by atoms with E-state index in [0.717, 1.165) is 28.8 Å². The first-order valence-electron chi connectivity index (χ1n) is 13.2. The topological polar surface area (TPSA) is 80.3 Å². The molecule has 0 saturated carbocycles. The fourth-order valence-electron chi connectivity index (χ4n) is 3.84. The molecule has 3 rings (SSSR count). The van der Waals surface area contributed by atoms with Crippen LogP contribution in [0.1, 0.15) is 25.0 Å². The Labute approximate surface area is 240 Å². The Morgan fingerprint density at radius 1 is 0.756 bits per heavy atom. The Kier molecular flexibility index (Phi) is 12.1. The van der Waals surface area contributed by atoms with E-state index in [1.165, 1.54) is 0 Å². The van der Waals surface area contributed by atoms with Crippen molar-refractivity contribution in [3.63, 3.8) is 0 Å². The number of carbonyl (C=O) groups excluding carboxylic acids is 2. The first-order valence-corrected chi connectivity index (χ1v) is 13.2. The summed E-state index contributed by atoms with van der Waals surface area (Å²) >= 11 is 0. The summed E-state index contributed by atoms with van der Waals surface area (Å²) in [4.78, 5) is 22.2. The highest BCUT2D eigenvalue weighted by molar-refractivity contribution is 5.81. The van der Waals surface area contributed by atoms with Gasteiger partial charge >= 0.3 is 11.9 Å².